The van der Waals surface area contributed by atoms with E-state index in [1.165, 1.54) is 30.2 Å². The second-order valence-electron chi connectivity index (χ2n) is 6.40. The molecule has 2 aromatic carbocycles. The summed E-state index contributed by atoms with van der Waals surface area (Å²) in [4.78, 5) is 0.296. The summed E-state index contributed by atoms with van der Waals surface area (Å²) in [6, 6.07) is 15.1. The summed E-state index contributed by atoms with van der Waals surface area (Å²) in [6.45, 7) is 2.05. The van der Waals surface area contributed by atoms with E-state index in [1.54, 1.807) is 18.2 Å². The molecule has 8 heteroatoms. The molecule has 0 bridgehead atoms. The third kappa shape index (κ3) is 4.07. The van der Waals surface area contributed by atoms with Gasteiger partial charge in [0.25, 0.3) is 0 Å². The maximum atomic E-state index is 12.3. The summed E-state index contributed by atoms with van der Waals surface area (Å²) < 4.78 is 27.8. The van der Waals surface area contributed by atoms with E-state index < -0.39 is 10.0 Å². The molecule has 3 aromatic rings. The summed E-state index contributed by atoms with van der Waals surface area (Å²) >= 11 is 1.53. The van der Waals surface area contributed by atoms with Gasteiger partial charge in [-0.05, 0) is 30.2 Å². The molecule has 0 aliphatic carbocycles. The predicted molar refractivity (Wildman–Crippen MR) is 108 cm³/mol. The summed E-state index contributed by atoms with van der Waals surface area (Å²) in [5.41, 5.74) is 3.12. The molecular weight excluding hydrogens is 380 g/mol. The minimum Gasteiger partial charge on any atom is -0.305 e. The number of hydrogen-bond donors (Lipinski definition) is 0. The Hall–Kier alpha value is -2.16. The second-order valence-corrected chi connectivity index (χ2v) is 9.50. The van der Waals surface area contributed by atoms with Crippen molar-refractivity contribution in [2.24, 2.45) is 7.05 Å². The van der Waals surface area contributed by atoms with Crippen molar-refractivity contribution < 1.29 is 8.42 Å². The first-order valence-corrected chi connectivity index (χ1v) is 10.8. The molecule has 0 spiro atoms. The highest BCUT2D eigenvalue weighted by atomic mass is 32.2. The lowest BCUT2D eigenvalue weighted by Gasteiger charge is -2.12. The normalized spacial score (nSPS) is 11.9. The van der Waals surface area contributed by atoms with Crippen LogP contribution in [0.15, 0.2) is 58.6 Å². The van der Waals surface area contributed by atoms with Crippen molar-refractivity contribution in [3.05, 3.63) is 59.7 Å². The smallest absolute Gasteiger partial charge is 0.242 e. The van der Waals surface area contributed by atoms with Crippen LogP contribution in [-0.2, 0) is 22.8 Å². The number of rotatable bonds is 6. The molecule has 1 aromatic heterocycles. The van der Waals surface area contributed by atoms with Gasteiger partial charge in [-0.3, -0.25) is 0 Å². The molecule has 0 saturated heterocycles. The molecular formula is C19H22N4O2S2. The Morgan fingerprint density at radius 2 is 1.81 bits per heavy atom. The highest BCUT2D eigenvalue weighted by Gasteiger charge is 2.18. The Morgan fingerprint density at radius 1 is 1.07 bits per heavy atom. The lowest BCUT2D eigenvalue weighted by Crippen LogP contribution is -2.22. The van der Waals surface area contributed by atoms with Crippen molar-refractivity contribution in [1.82, 2.24) is 19.1 Å². The molecule has 0 aliphatic heterocycles. The van der Waals surface area contributed by atoms with Crippen LogP contribution in [0.2, 0.25) is 0 Å². The number of sulfonamides is 1. The minimum atomic E-state index is -3.44. The fourth-order valence-electron chi connectivity index (χ4n) is 2.65. The van der Waals surface area contributed by atoms with Gasteiger partial charge >= 0.3 is 0 Å². The Bertz CT molecular complexity index is 1060. The quantitative estimate of drug-likeness (QED) is 0.592. The van der Waals surface area contributed by atoms with Crippen molar-refractivity contribution >= 4 is 21.8 Å². The number of benzene rings is 2. The van der Waals surface area contributed by atoms with Crippen LogP contribution in [0.5, 0.6) is 0 Å². The van der Waals surface area contributed by atoms with E-state index in [4.69, 9.17) is 0 Å². The summed E-state index contributed by atoms with van der Waals surface area (Å²) in [7, 11) is 1.57. The van der Waals surface area contributed by atoms with Crippen molar-refractivity contribution in [2.75, 3.05) is 14.1 Å². The molecule has 0 saturated carbocycles. The largest absolute Gasteiger partial charge is 0.305 e. The van der Waals surface area contributed by atoms with Crippen LogP contribution in [0.25, 0.3) is 11.4 Å². The molecule has 0 fully saturated rings. The van der Waals surface area contributed by atoms with Gasteiger partial charge in [-0.2, -0.15) is 0 Å². The fourth-order valence-corrected chi connectivity index (χ4v) is 4.48. The molecule has 6 nitrogen and oxygen atoms in total. The molecule has 0 radical (unpaired) electrons. The highest BCUT2D eigenvalue weighted by molar-refractivity contribution is 7.98. The van der Waals surface area contributed by atoms with Gasteiger partial charge in [0.15, 0.2) is 11.0 Å². The Balaban J connectivity index is 1.80. The van der Waals surface area contributed by atoms with Gasteiger partial charge in [0.1, 0.15) is 0 Å². The van der Waals surface area contributed by atoms with Crippen LogP contribution >= 0.6 is 11.8 Å². The maximum absolute atomic E-state index is 12.3. The van der Waals surface area contributed by atoms with Gasteiger partial charge < -0.3 is 4.57 Å². The SMILES string of the molecule is Cc1ccccc1-c1nnc(SCc2cccc(S(=O)(=O)N(C)C)c2)n1C. The molecule has 0 unspecified atom stereocenters. The van der Waals surface area contributed by atoms with E-state index in [1.807, 2.05) is 48.9 Å². The molecule has 0 aliphatic rings. The number of hydrogen-bond acceptors (Lipinski definition) is 5. The molecule has 0 N–H and O–H groups in total. The van der Waals surface area contributed by atoms with Crippen molar-refractivity contribution in [3.63, 3.8) is 0 Å². The minimum absolute atomic E-state index is 0.296. The van der Waals surface area contributed by atoms with Gasteiger partial charge in [0.05, 0.1) is 4.90 Å². The van der Waals surface area contributed by atoms with Crippen molar-refractivity contribution in [2.45, 2.75) is 22.7 Å². The van der Waals surface area contributed by atoms with Gasteiger partial charge in [-0.15, -0.1) is 10.2 Å². The molecule has 27 heavy (non-hydrogen) atoms. The zero-order valence-corrected chi connectivity index (χ0v) is 17.4. The highest BCUT2D eigenvalue weighted by Crippen LogP contribution is 2.27. The van der Waals surface area contributed by atoms with Crippen molar-refractivity contribution in [1.29, 1.82) is 0 Å². The number of nitrogens with zero attached hydrogens (tertiary/aromatic N) is 4. The van der Waals surface area contributed by atoms with Crippen molar-refractivity contribution in [3.8, 4) is 11.4 Å². The van der Waals surface area contributed by atoms with E-state index in [2.05, 4.69) is 10.2 Å². The average Bonchev–Trinajstić information content (AvgIpc) is 3.01. The van der Waals surface area contributed by atoms with Gasteiger partial charge in [-0.1, -0.05) is 48.2 Å². The fraction of sp³-hybridized carbons (Fsp3) is 0.263. The second kappa shape index (κ2) is 7.84. The van der Waals surface area contributed by atoms with E-state index in [-0.39, 0.29) is 0 Å². The standard InChI is InChI=1S/C19H22N4O2S2/c1-14-8-5-6-11-17(14)18-20-21-19(23(18)4)26-13-15-9-7-10-16(12-15)27(24,25)22(2)3/h5-12H,13H2,1-4H3. The van der Waals surface area contributed by atoms with E-state index in [0.29, 0.717) is 10.6 Å². The van der Waals surface area contributed by atoms with Crippen LogP contribution < -0.4 is 0 Å². The molecule has 1 heterocycles. The van der Waals surface area contributed by atoms with Crippen LogP contribution in [0.1, 0.15) is 11.1 Å². The monoisotopic (exact) mass is 402 g/mol. The zero-order chi connectivity index (χ0) is 19.6. The van der Waals surface area contributed by atoms with Crippen LogP contribution in [-0.4, -0.2) is 41.6 Å². The lowest BCUT2D eigenvalue weighted by atomic mass is 10.1. The Kier molecular flexibility index (Phi) is 5.69. The van der Waals surface area contributed by atoms with E-state index >= 15 is 0 Å². The van der Waals surface area contributed by atoms with Crippen LogP contribution in [0, 0.1) is 6.92 Å². The first-order valence-electron chi connectivity index (χ1n) is 8.40. The van der Waals surface area contributed by atoms with Gasteiger partial charge in [0.2, 0.25) is 10.0 Å². The zero-order valence-electron chi connectivity index (χ0n) is 15.7. The predicted octanol–water partition coefficient (Wildman–Crippen LogP) is 3.33. The molecule has 142 valence electrons. The van der Waals surface area contributed by atoms with E-state index in [0.717, 1.165) is 27.7 Å². The van der Waals surface area contributed by atoms with Crippen LogP contribution in [0.3, 0.4) is 0 Å². The molecule has 3 rings (SSSR count). The first-order chi connectivity index (χ1) is 12.8. The lowest BCUT2D eigenvalue weighted by molar-refractivity contribution is 0.520. The van der Waals surface area contributed by atoms with Gasteiger partial charge in [-0.25, -0.2) is 12.7 Å². The van der Waals surface area contributed by atoms with Gasteiger partial charge in [0, 0.05) is 32.5 Å². The summed E-state index contributed by atoms with van der Waals surface area (Å²) in [5, 5.41) is 9.41. The molecule has 0 atom stereocenters. The Morgan fingerprint density at radius 3 is 2.52 bits per heavy atom. The topological polar surface area (TPSA) is 68.1 Å². The number of aryl methyl sites for hydroxylation is 1. The average molecular weight is 403 g/mol. The third-order valence-corrected chi connectivity index (χ3v) is 7.17. The van der Waals surface area contributed by atoms with Crippen LogP contribution in [0.4, 0.5) is 0 Å². The van der Waals surface area contributed by atoms with E-state index in [9.17, 15) is 8.42 Å². The Labute approximate surface area is 164 Å². The number of aromatic nitrogens is 3. The number of thioether (sulfide) groups is 1. The summed E-state index contributed by atoms with van der Waals surface area (Å²) in [6.07, 6.45) is 0. The molecule has 0 amide bonds. The maximum Gasteiger partial charge on any atom is 0.242 e. The first kappa shape index (κ1) is 19.6. The summed E-state index contributed by atoms with van der Waals surface area (Å²) in [5.74, 6) is 1.43. The third-order valence-electron chi connectivity index (χ3n) is 4.27.